The summed E-state index contributed by atoms with van der Waals surface area (Å²) in [5, 5.41) is 4.87. The molecule has 2 aromatic rings. The predicted octanol–water partition coefficient (Wildman–Crippen LogP) is 4.56. The molecule has 0 fully saturated rings. The standard InChI is InChI=1S/C17H25N3S/c1-11(14-7-9-18-10-8-14)19-12(2)15-13(3)20-16(21-15)17(4,5)6/h7-12,19H,1-6H3/t11-,12?/m0/s1. The van der Waals surface area contributed by atoms with Crippen molar-refractivity contribution in [3.63, 3.8) is 0 Å². The van der Waals surface area contributed by atoms with Crippen molar-refractivity contribution in [1.82, 2.24) is 15.3 Å². The average molecular weight is 303 g/mol. The van der Waals surface area contributed by atoms with E-state index in [0.29, 0.717) is 12.1 Å². The molecule has 21 heavy (non-hydrogen) atoms. The SMILES string of the molecule is Cc1nc(C(C)(C)C)sc1C(C)N[C@@H](C)c1ccncc1. The van der Waals surface area contributed by atoms with E-state index in [4.69, 9.17) is 4.98 Å². The number of nitrogens with one attached hydrogen (secondary N) is 1. The maximum atomic E-state index is 4.75. The summed E-state index contributed by atoms with van der Waals surface area (Å²) in [5.41, 5.74) is 2.52. The van der Waals surface area contributed by atoms with Crippen LogP contribution in [0, 0.1) is 6.92 Å². The Labute approximate surface area is 131 Å². The molecule has 0 aliphatic heterocycles. The second-order valence-corrected chi connectivity index (χ2v) is 7.64. The molecule has 0 saturated heterocycles. The summed E-state index contributed by atoms with van der Waals surface area (Å²) in [6.07, 6.45) is 3.68. The van der Waals surface area contributed by atoms with Gasteiger partial charge < -0.3 is 5.32 Å². The van der Waals surface area contributed by atoms with Gasteiger partial charge in [-0.1, -0.05) is 20.8 Å². The Kier molecular flexibility index (Phi) is 4.79. The molecule has 1 unspecified atom stereocenters. The topological polar surface area (TPSA) is 37.8 Å². The zero-order chi connectivity index (χ0) is 15.6. The van der Waals surface area contributed by atoms with Gasteiger partial charge in [-0.3, -0.25) is 4.98 Å². The smallest absolute Gasteiger partial charge is 0.0985 e. The van der Waals surface area contributed by atoms with Gasteiger partial charge in [0.25, 0.3) is 0 Å². The maximum absolute atomic E-state index is 4.75. The molecule has 114 valence electrons. The molecule has 3 nitrogen and oxygen atoms in total. The molecule has 0 aromatic carbocycles. The molecular weight excluding hydrogens is 278 g/mol. The Morgan fingerprint density at radius 1 is 1.10 bits per heavy atom. The Morgan fingerprint density at radius 2 is 1.71 bits per heavy atom. The van der Waals surface area contributed by atoms with Crippen LogP contribution in [0.15, 0.2) is 24.5 Å². The van der Waals surface area contributed by atoms with E-state index in [9.17, 15) is 0 Å². The van der Waals surface area contributed by atoms with Gasteiger partial charge in [0, 0.05) is 34.8 Å². The van der Waals surface area contributed by atoms with E-state index in [1.54, 1.807) is 0 Å². The quantitative estimate of drug-likeness (QED) is 0.900. The van der Waals surface area contributed by atoms with E-state index < -0.39 is 0 Å². The van der Waals surface area contributed by atoms with Gasteiger partial charge in [0.2, 0.25) is 0 Å². The normalized spacial score (nSPS) is 15.0. The first-order valence-corrected chi connectivity index (χ1v) is 8.24. The summed E-state index contributed by atoms with van der Waals surface area (Å²) in [6.45, 7) is 13.2. The maximum Gasteiger partial charge on any atom is 0.0985 e. The Hall–Kier alpha value is -1.26. The van der Waals surface area contributed by atoms with Crippen molar-refractivity contribution in [2.45, 2.75) is 59.0 Å². The highest BCUT2D eigenvalue weighted by Gasteiger charge is 2.23. The van der Waals surface area contributed by atoms with Crippen molar-refractivity contribution in [2.24, 2.45) is 0 Å². The van der Waals surface area contributed by atoms with Crippen LogP contribution < -0.4 is 5.32 Å². The molecule has 2 atom stereocenters. The van der Waals surface area contributed by atoms with Gasteiger partial charge >= 0.3 is 0 Å². The third kappa shape index (κ3) is 3.89. The number of hydrogen-bond donors (Lipinski definition) is 1. The zero-order valence-electron chi connectivity index (χ0n) is 13.8. The van der Waals surface area contributed by atoms with Crippen molar-refractivity contribution in [3.8, 4) is 0 Å². The van der Waals surface area contributed by atoms with E-state index in [-0.39, 0.29) is 5.41 Å². The fourth-order valence-electron chi connectivity index (χ4n) is 2.33. The van der Waals surface area contributed by atoms with Gasteiger partial charge in [0.05, 0.1) is 10.7 Å². The highest BCUT2D eigenvalue weighted by molar-refractivity contribution is 7.12. The fourth-order valence-corrected chi connectivity index (χ4v) is 3.47. The van der Waals surface area contributed by atoms with Gasteiger partial charge in [0.15, 0.2) is 0 Å². The number of nitrogens with zero attached hydrogens (tertiary/aromatic N) is 2. The number of aryl methyl sites for hydroxylation is 1. The number of hydrogen-bond acceptors (Lipinski definition) is 4. The first-order valence-electron chi connectivity index (χ1n) is 7.43. The van der Waals surface area contributed by atoms with Crippen LogP contribution in [0.25, 0.3) is 0 Å². The number of pyridine rings is 1. The molecule has 0 bridgehead atoms. The summed E-state index contributed by atoms with van der Waals surface area (Å²) < 4.78 is 0. The van der Waals surface area contributed by atoms with Gasteiger partial charge in [-0.05, 0) is 38.5 Å². The molecule has 4 heteroatoms. The fraction of sp³-hybridized carbons (Fsp3) is 0.529. The molecule has 0 amide bonds. The number of rotatable bonds is 4. The molecule has 0 radical (unpaired) electrons. The van der Waals surface area contributed by atoms with Crippen LogP contribution >= 0.6 is 11.3 Å². The molecule has 1 N–H and O–H groups in total. The average Bonchev–Trinajstić information content (AvgIpc) is 2.82. The number of thiazole rings is 1. The molecule has 2 heterocycles. The summed E-state index contributed by atoms with van der Waals surface area (Å²) >= 11 is 1.83. The molecule has 0 aliphatic carbocycles. The van der Waals surface area contributed by atoms with Crippen molar-refractivity contribution in [3.05, 3.63) is 45.7 Å². The van der Waals surface area contributed by atoms with E-state index in [1.807, 2.05) is 23.7 Å². The lowest BCUT2D eigenvalue weighted by Crippen LogP contribution is -2.22. The lowest BCUT2D eigenvalue weighted by molar-refractivity contribution is 0.498. The summed E-state index contributed by atoms with van der Waals surface area (Å²) in [6, 6.07) is 4.71. The Balaban J connectivity index is 2.14. The molecule has 0 spiro atoms. The highest BCUT2D eigenvalue weighted by atomic mass is 32.1. The Bertz CT molecular complexity index is 584. The van der Waals surface area contributed by atoms with Gasteiger partial charge in [0.1, 0.15) is 0 Å². The first-order chi connectivity index (χ1) is 9.79. The van der Waals surface area contributed by atoms with E-state index in [0.717, 1.165) is 5.69 Å². The number of aromatic nitrogens is 2. The lowest BCUT2D eigenvalue weighted by Gasteiger charge is -2.20. The second-order valence-electron chi connectivity index (χ2n) is 6.61. The van der Waals surface area contributed by atoms with Crippen LogP contribution in [-0.2, 0) is 5.41 Å². The minimum Gasteiger partial charge on any atom is -0.303 e. The third-order valence-electron chi connectivity index (χ3n) is 3.57. The van der Waals surface area contributed by atoms with Gasteiger partial charge in [-0.15, -0.1) is 11.3 Å². The molecular formula is C17H25N3S. The van der Waals surface area contributed by atoms with Crippen molar-refractivity contribution >= 4 is 11.3 Å². The molecule has 0 aliphatic rings. The minimum atomic E-state index is 0.115. The summed E-state index contributed by atoms with van der Waals surface area (Å²) in [4.78, 5) is 10.2. The molecule has 2 rings (SSSR count). The second kappa shape index (κ2) is 6.24. The predicted molar refractivity (Wildman–Crippen MR) is 89.8 cm³/mol. The Morgan fingerprint density at radius 3 is 2.24 bits per heavy atom. The minimum absolute atomic E-state index is 0.115. The lowest BCUT2D eigenvalue weighted by atomic mass is 9.98. The molecule has 2 aromatic heterocycles. The van der Waals surface area contributed by atoms with Crippen LogP contribution in [0.4, 0.5) is 0 Å². The van der Waals surface area contributed by atoms with Crippen molar-refractivity contribution < 1.29 is 0 Å². The summed E-state index contributed by atoms with van der Waals surface area (Å²) in [5.74, 6) is 0. The largest absolute Gasteiger partial charge is 0.303 e. The van der Waals surface area contributed by atoms with Gasteiger partial charge in [-0.25, -0.2) is 4.98 Å². The van der Waals surface area contributed by atoms with E-state index in [1.165, 1.54) is 15.4 Å². The highest BCUT2D eigenvalue weighted by Crippen LogP contribution is 2.33. The summed E-state index contributed by atoms with van der Waals surface area (Å²) in [7, 11) is 0. The van der Waals surface area contributed by atoms with Crippen molar-refractivity contribution in [2.75, 3.05) is 0 Å². The molecule has 0 saturated carbocycles. The van der Waals surface area contributed by atoms with Crippen LogP contribution in [0.3, 0.4) is 0 Å². The zero-order valence-corrected chi connectivity index (χ0v) is 14.6. The van der Waals surface area contributed by atoms with E-state index >= 15 is 0 Å². The van der Waals surface area contributed by atoms with Gasteiger partial charge in [-0.2, -0.15) is 0 Å². The monoisotopic (exact) mass is 303 g/mol. The van der Waals surface area contributed by atoms with Crippen LogP contribution in [0.5, 0.6) is 0 Å². The van der Waals surface area contributed by atoms with Crippen LogP contribution in [0.1, 0.15) is 67.8 Å². The third-order valence-corrected chi connectivity index (χ3v) is 5.34. The van der Waals surface area contributed by atoms with Crippen molar-refractivity contribution in [1.29, 1.82) is 0 Å². The van der Waals surface area contributed by atoms with Crippen LogP contribution in [-0.4, -0.2) is 9.97 Å². The van der Waals surface area contributed by atoms with E-state index in [2.05, 4.69) is 64.0 Å². The first kappa shape index (κ1) is 16.1. The van der Waals surface area contributed by atoms with Crippen LogP contribution in [0.2, 0.25) is 0 Å².